The summed E-state index contributed by atoms with van der Waals surface area (Å²) in [4.78, 5) is 45.5. The van der Waals surface area contributed by atoms with Gasteiger partial charge in [-0.3, -0.25) is 19.4 Å². The minimum atomic E-state index is -0.196. The number of benzene rings is 1. The topological polar surface area (TPSA) is 95.2 Å². The second kappa shape index (κ2) is 8.73. The average Bonchev–Trinajstić information content (AvgIpc) is 3.18. The molecule has 3 aromatic rings. The lowest BCUT2D eigenvalue weighted by Crippen LogP contribution is -2.41. The fourth-order valence-electron chi connectivity index (χ4n) is 3.61. The van der Waals surface area contributed by atoms with E-state index in [9.17, 15) is 14.4 Å². The van der Waals surface area contributed by atoms with Gasteiger partial charge in [-0.15, -0.1) is 0 Å². The Bertz CT molecular complexity index is 1110. The number of nitrogens with zero attached hydrogens (tertiary/aromatic N) is 2. The van der Waals surface area contributed by atoms with Gasteiger partial charge in [0.2, 0.25) is 11.5 Å². The third-order valence-electron chi connectivity index (χ3n) is 5.08. The summed E-state index contributed by atoms with van der Waals surface area (Å²) in [5.74, 6) is -0.137. The number of carbonyl (C=O) groups is 2. The molecule has 2 N–H and O–H groups in total. The van der Waals surface area contributed by atoms with Crippen LogP contribution in [0.25, 0.3) is 11.3 Å². The zero-order valence-corrected chi connectivity index (χ0v) is 16.4. The first-order valence-electron chi connectivity index (χ1n) is 9.87. The van der Waals surface area contributed by atoms with Crippen LogP contribution in [0, 0.1) is 0 Å². The molecule has 1 aliphatic rings. The fourth-order valence-corrected chi connectivity index (χ4v) is 3.61. The van der Waals surface area contributed by atoms with Gasteiger partial charge in [-0.25, -0.2) is 0 Å². The molecule has 1 atom stereocenters. The molecule has 1 saturated heterocycles. The Kier molecular flexibility index (Phi) is 5.70. The summed E-state index contributed by atoms with van der Waals surface area (Å²) in [6, 6.07) is 17.6. The molecule has 4 rings (SSSR count). The number of nitrogens with one attached hydrogen (secondary N) is 2. The lowest BCUT2D eigenvalue weighted by Gasteiger charge is -2.26. The summed E-state index contributed by atoms with van der Waals surface area (Å²) in [5, 5.41) is 2.93. The van der Waals surface area contributed by atoms with Crippen molar-refractivity contribution in [2.75, 3.05) is 6.54 Å². The molecule has 0 unspecified atom stereocenters. The van der Waals surface area contributed by atoms with Crippen LogP contribution in [0.2, 0.25) is 0 Å². The molecule has 0 radical (unpaired) electrons. The van der Waals surface area contributed by atoms with Crippen molar-refractivity contribution in [3.8, 4) is 11.3 Å². The molecule has 1 fully saturated rings. The SMILES string of the molecule is O=C1CC[C@@H](CN(Cc2ccccn2)C(=O)c2cccc(-c3cccc(=O)[nH]3)c2)N1. The minimum Gasteiger partial charge on any atom is -0.352 e. The minimum absolute atomic E-state index is 0.0141. The predicted octanol–water partition coefficient (Wildman–Crippen LogP) is 2.36. The fraction of sp³-hybridized carbons (Fsp3) is 0.217. The number of hydrogen-bond donors (Lipinski definition) is 2. The van der Waals surface area contributed by atoms with E-state index in [0.717, 1.165) is 11.3 Å². The summed E-state index contributed by atoms with van der Waals surface area (Å²) < 4.78 is 0. The normalized spacial score (nSPS) is 15.6. The predicted molar refractivity (Wildman–Crippen MR) is 113 cm³/mol. The van der Waals surface area contributed by atoms with Crippen molar-refractivity contribution >= 4 is 11.8 Å². The third-order valence-corrected chi connectivity index (χ3v) is 5.08. The van der Waals surface area contributed by atoms with Gasteiger partial charge in [-0.2, -0.15) is 0 Å². The highest BCUT2D eigenvalue weighted by Gasteiger charge is 2.26. The highest BCUT2D eigenvalue weighted by Crippen LogP contribution is 2.20. The number of H-pyrrole nitrogens is 1. The molecular formula is C23H22N4O3. The van der Waals surface area contributed by atoms with E-state index >= 15 is 0 Å². The first-order valence-corrected chi connectivity index (χ1v) is 9.87. The van der Waals surface area contributed by atoms with Crippen molar-refractivity contribution in [2.24, 2.45) is 0 Å². The molecule has 0 saturated carbocycles. The highest BCUT2D eigenvalue weighted by atomic mass is 16.2. The van der Waals surface area contributed by atoms with E-state index < -0.39 is 0 Å². The Morgan fingerprint density at radius 3 is 2.67 bits per heavy atom. The maximum absolute atomic E-state index is 13.4. The Balaban J connectivity index is 1.61. The highest BCUT2D eigenvalue weighted by molar-refractivity contribution is 5.95. The molecule has 0 spiro atoms. The molecule has 1 aliphatic heterocycles. The van der Waals surface area contributed by atoms with E-state index in [1.807, 2.05) is 24.3 Å². The smallest absolute Gasteiger partial charge is 0.254 e. The molecule has 0 aliphatic carbocycles. The van der Waals surface area contributed by atoms with Gasteiger partial charge in [0.1, 0.15) is 0 Å². The molecule has 3 heterocycles. The molecule has 152 valence electrons. The number of pyridine rings is 2. The van der Waals surface area contributed by atoms with Gasteiger partial charge in [-0.05, 0) is 42.3 Å². The average molecular weight is 402 g/mol. The van der Waals surface area contributed by atoms with Crippen LogP contribution in [-0.2, 0) is 11.3 Å². The van der Waals surface area contributed by atoms with Crippen molar-refractivity contribution in [3.05, 3.63) is 88.5 Å². The van der Waals surface area contributed by atoms with Crippen LogP contribution in [-0.4, -0.2) is 39.3 Å². The van der Waals surface area contributed by atoms with Crippen LogP contribution in [0.3, 0.4) is 0 Å². The summed E-state index contributed by atoms with van der Waals surface area (Å²) in [5.41, 5.74) is 2.50. The van der Waals surface area contributed by atoms with E-state index in [4.69, 9.17) is 0 Å². The van der Waals surface area contributed by atoms with E-state index in [1.54, 1.807) is 41.4 Å². The first-order chi connectivity index (χ1) is 14.6. The van der Waals surface area contributed by atoms with Crippen molar-refractivity contribution in [1.29, 1.82) is 0 Å². The second-order valence-electron chi connectivity index (χ2n) is 7.32. The van der Waals surface area contributed by atoms with Crippen LogP contribution in [0.4, 0.5) is 0 Å². The van der Waals surface area contributed by atoms with Gasteiger partial charge in [0.15, 0.2) is 0 Å². The first kappa shape index (κ1) is 19.6. The lowest BCUT2D eigenvalue weighted by atomic mass is 10.1. The quantitative estimate of drug-likeness (QED) is 0.662. The number of rotatable bonds is 6. The van der Waals surface area contributed by atoms with Gasteiger partial charge >= 0.3 is 0 Å². The Morgan fingerprint density at radius 2 is 1.93 bits per heavy atom. The molecule has 1 aromatic carbocycles. The molecule has 30 heavy (non-hydrogen) atoms. The molecule has 2 aromatic heterocycles. The van der Waals surface area contributed by atoms with Crippen LogP contribution in [0.1, 0.15) is 28.9 Å². The molecular weight excluding hydrogens is 380 g/mol. The maximum Gasteiger partial charge on any atom is 0.254 e. The number of aromatic amines is 1. The monoisotopic (exact) mass is 402 g/mol. The van der Waals surface area contributed by atoms with Gasteiger partial charge < -0.3 is 15.2 Å². The van der Waals surface area contributed by atoms with Crippen molar-refractivity contribution < 1.29 is 9.59 Å². The summed E-state index contributed by atoms with van der Waals surface area (Å²) in [7, 11) is 0. The van der Waals surface area contributed by atoms with Crippen LogP contribution in [0.5, 0.6) is 0 Å². The Morgan fingerprint density at radius 1 is 1.07 bits per heavy atom. The van der Waals surface area contributed by atoms with Crippen LogP contribution < -0.4 is 10.9 Å². The van der Waals surface area contributed by atoms with Crippen molar-refractivity contribution in [1.82, 2.24) is 20.2 Å². The van der Waals surface area contributed by atoms with Gasteiger partial charge in [0, 0.05) is 42.5 Å². The van der Waals surface area contributed by atoms with Crippen molar-refractivity contribution in [3.63, 3.8) is 0 Å². The summed E-state index contributed by atoms with van der Waals surface area (Å²) in [6.07, 6.45) is 2.88. The van der Waals surface area contributed by atoms with E-state index in [2.05, 4.69) is 15.3 Å². The number of hydrogen-bond acceptors (Lipinski definition) is 4. The maximum atomic E-state index is 13.4. The Hall–Kier alpha value is -3.74. The third kappa shape index (κ3) is 4.63. The summed E-state index contributed by atoms with van der Waals surface area (Å²) >= 11 is 0. The lowest BCUT2D eigenvalue weighted by molar-refractivity contribution is -0.119. The number of carbonyl (C=O) groups excluding carboxylic acids is 2. The molecule has 0 bridgehead atoms. The summed E-state index contributed by atoms with van der Waals surface area (Å²) in [6.45, 7) is 0.756. The number of aromatic nitrogens is 2. The van der Waals surface area contributed by atoms with E-state index in [0.29, 0.717) is 37.2 Å². The largest absolute Gasteiger partial charge is 0.352 e. The Labute approximate surface area is 173 Å². The number of amides is 2. The second-order valence-corrected chi connectivity index (χ2v) is 7.32. The van der Waals surface area contributed by atoms with Gasteiger partial charge in [-0.1, -0.05) is 24.3 Å². The zero-order chi connectivity index (χ0) is 20.9. The van der Waals surface area contributed by atoms with Crippen LogP contribution in [0.15, 0.2) is 71.7 Å². The van der Waals surface area contributed by atoms with Gasteiger partial charge in [0.05, 0.1) is 12.2 Å². The molecule has 2 amide bonds. The standard InChI is InChI=1S/C23H22N4O3/c28-21-9-4-8-20(26-21)16-5-3-6-17(13-16)23(30)27(14-18-7-1-2-12-24-18)15-19-10-11-22(29)25-19/h1-9,12-13,19H,10-11,14-15H2,(H,25,29)(H,26,28)/t19-/m0/s1. The van der Waals surface area contributed by atoms with Gasteiger partial charge in [0.25, 0.3) is 5.91 Å². The molecule has 7 nitrogen and oxygen atoms in total. The molecule has 7 heteroatoms. The zero-order valence-electron chi connectivity index (χ0n) is 16.4. The van der Waals surface area contributed by atoms with E-state index in [1.165, 1.54) is 6.07 Å². The van der Waals surface area contributed by atoms with Crippen molar-refractivity contribution in [2.45, 2.75) is 25.4 Å². The van der Waals surface area contributed by atoms with Crippen LogP contribution >= 0.6 is 0 Å². The van der Waals surface area contributed by atoms with E-state index in [-0.39, 0.29) is 23.4 Å².